The minimum atomic E-state index is -0.0880. The zero-order valence-corrected chi connectivity index (χ0v) is 12.1. The quantitative estimate of drug-likeness (QED) is 0.800. The van der Waals surface area contributed by atoms with Crippen LogP contribution in [0.3, 0.4) is 0 Å². The van der Waals surface area contributed by atoms with Gasteiger partial charge < -0.3 is 9.47 Å². The van der Waals surface area contributed by atoms with Gasteiger partial charge in [0.05, 0.1) is 11.6 Å². The summed E-state index contributed by atoms with van der Waals surface area (Å²) in [7, 11) is 1.63. The molecule has 4 heteroatoms. The Morgan fingerprint density at radius 1 is 1.35 bits per heavy atom. The molecular formula is C13H17BrO3. The van der Waals surface area contributed by atoms with E-state index in [-0.39, 0.29) is 12.0 Å². The van der Waals surface area contributed by atoms with Crippen LogP contribution >= 0.6 is 15.9 Å². The van der Waals surface area contributed by atoms with Crippen molar-refractivity contribution in [3.05, 3.63) is 22.2 Å². The number of hydrogen-bond donors (Lipinski definition) is 0. The average Bonchev–Trinajstić information content (AvgIpc) is 2.25. The predicted octanol–water partition coefficient (Wildman–Crippen LogP) is 3.33. The zero-order valence-electron chi connectivity index (χ0n) is 10.5. The molecule has 0 aliphatic carbocycles. The molecule has 3 nitrogen and oxygen atoms in total. The number of halogens is 1. The molecule has 0 heterocycles. The molecule has 0 bridgehead atoms. The van der Waals surface area contributed by atoms with Gasteiger partial charge in [0.2, 0.25) is 0 Å². The molecule has 0 N–H and O–H groups in total. The van der Waals surface area contributed by atoms with Crippen LogP contribution in [0.15, 0.2) is 16.6 Å². The number of carbonyl (C=O) groups is 1. The molecule has 0 spiro atoms. The Kier molecular flexibility index (Phi) is 4.57. The van der Waals surface area contributed by atoms with Crippen molar-refractivity contribution < 1.29 is 14.3 Å². The van der Waals surface area contributed by atoms with Crippen molar-refractivity contribution in [1.82, 2.24) is 0 Å². The van der Waals surface area contributed by atoms with E-state index in [1.165, 1.54) is 0 Å². The van der Waals surface area contributed by atoms with Gasteiger partial charge >= 0.3 is 0 Å². The minimum Gasteiger partial charge on any atom is -0.497 e. The van der Waals surface area contributed by atoms with Crippen LogP contribution in [0.1, 0.15) is 26.3 Å². The van der Waals surface area contributed by atoms with E-state index in [0.29, 0.717) is 5.75 Å². The van der Waals surface area contributed by atoms with E-state index in [4.69, 9.17) is 9.47 Å². The summed E-state index contributed by atoms with van der Waals surface area (Å²) in [6.07, 6.45) is 0.739. The fourth-order valence-corrected chi connectivity index (χ4v) is 2.06. The van der Waals surface area contributed by atoms with Gasteiger partial charge in [0.15, 0.2) is 6.29 Å². The molecule has 17 heavy (non-hydrogen) atoms. The molecule has 0 unspecified atom stereocenters. The highest BCUT2D eigenvalue weighted by Gasteiger charge is 2.22. The SMILES string of the molecule is COc1cc(Br)c(OCC=O)c(C(C)(C)C)c1. The summed E-state index contributed by atoms with van der Waals surface area (Å²) >= 11 is 3.44. The van der Waals surface area contributed by atoms with Crippen molar-refractivity contribution in [3.8, 4) is 11.5 Å². The number of carbonyl (C=O) groups excluding carboxylic acids is 1. The normalized spacial score (nSPS) is 11.1. The van der Waals surface area contributed by atoms with E-state index in [1.54, 1.807) is 7.11 Å². The molecule has 0 amide bonds. The second-order valence-electron chi connectivity index (χ2n) is 4.71. The third kappa shape index (κ3) is 3.46. The van der Waals surface area contributed by atoms with Crippen molar-refractivity contribution in [2.75, 3.05) is 13.7 Å². The number of hydrogen-bond acceptors (Lipinski definition) is 3. The molecule has 1 rings (SSSR count). The van der Waals surface area contributed by atoms with E-state index < -0.39 is 0 Å². The maximum Gasteiger partial charge on any atom is 0.157 e. The van der Waals surface area contributed by atoms with Crippen LogP contribution in [0, 0.1) is 0 Å². The fraction of sp³-hybridized carbons (Fsp3) is 0.462. The number of methoxy groups -OCH3 is 1. The maximum absolute atomic E-state index is 10.4. The summed E-state index contributed by atoms with van der Waals surface area (Å²) in [4.78, 5) is 10.4. The van der Waals surface area contributed by atoms with Crippen LogP contribution < -0.4 is 9.47 Å². The van der Waals surface area contributed by atoms with Crippen LogP contribution in [0.2, 0.25) is 0 Å². The van der Waals surface area contributed by atoms with Gasteiger partial charge in [-0.1, -0.05) is 20.8 Å². The Bertz CT molecular complexity index is 408. The summed E-state index contributed by atoms with van der Waals surface area (Å²) < 4.78 is 11.5. The van der Waals surface area contributed by atoms with E-state index in [0.717, 1.165) is 22.1 Å². The fourth-order valence-electron chi connectivity index (χ4n) is 1.51. The first-order chi connectivity index (χ1) is 7.90. The Hall–Kier alpha value is -1.03. The molecule has 0 aliphatic rings. The first kappa shape index (κ1) is 14.0. The van der Waals surface area contributed by atoms with Crippen LogP contribution in [0.25, 0.3) is 0 Å². The highest BCUT2D eigenvalue weighted by atomic mass is 79.9. The molecule has 0 saturated heterocycles. The lowest BCUT2D eigenvalue weighted by molar-refractivity contribution is -0.109. The maximum atomic E-state index is 10.4. The standard InChI is InChI=1S/C13H17BrO3/c1-13(2,3)10-7-9(16-4)8-11(14)12(10)17-6-5-15/h5,7-8H,6H2,1-4H3. The summed E-state index contributed by atoms with van der Waals surface area (Å²) in [5, 5.41) is 0. The van der Waals surface area contributed by atoms with Crippen LogP contribution in [-0.4, -0.2) is 20.0 Å². The largest absolute Gasteiger partial charge is 0.497 e. The number of aldehydes is 1. The third-order valence-electron chi connectivity index (χ3n) is 2.36. The monoisotopic (exact) mass is 300 g/mol. The first-order valence-corrected chi connectivity index (χ1v) is 6.14. The van der Waals surface area contributed by atoms with E-state index in [1.807, 2.05) is 12.1 Å². The Labute approximate surface area is 110 Å². The van der Waals surface area contributed by atoms with Gasteiger partial charge in [-0.15, -0.1) is 0 Å². The Morgan fingerprint density at radius 3 is 2.47 bits per heavy atom. The average molecular weight is 301 g/mol. The molecule has 0 aliphatic heterocycles. The molecule has 94 valence electrons. The van der Waals surface area contributed by atoms with Gasteiger partial charge in [-0.25, -0.2) is 0 Å². The zero-order chi connectivity index (χ0) is 13.1. The highest BCUT2D eigenvalue weighted by molar-refractivity contribution is 9.10. The van der Waals surface area contributed by atoms with E-state index in [2.05, 4.69) is 36.7 Å². The Balaban J connectivity index is 3.29. The molecule has 0 radical (unpaired) electrons. The van der Waals surface area contributed by atoms with Crippen LogP contribution in [0.4, 0.5) is 0 Å². The second kappa shape index (κ2) is 5.54. The summed E-state index contributed by atoms with van der Waals surface area (Å²) in [6.45, 7) is 6.31. The topological polar surface area (TPSA) is 35.5 Å². The number of ether oxygens (including phenoxy) is 2. The predicted molar refractivity (Wildman–Crippen MR) is 71.0 cm³/mol. The van der Waals surface area contributed by atoms with Crippen LogP contribution in [0.5, 0.6) is 11.5 Å². The Morgan fingerprint density at radius 2 is 2.00 bits per heavy atom. The first-order valence-electron chi connectivity index (χ1n) is 5.34. The smallest absolute Gasteiger partial charge is 0.157 e. The summed E-state index contributed by atoms with van der Waals surface area (Å²) in [5.41, 5.74) is 0.917. The lowest BCUT2D eigenvalue weighted by Crippen LogP contribution is -2.14. The molecule has 0 atom stereocenters. The third-order valence-corrected chi connectivity index (χ3v) is 2.95. The van der Waals surface area contributed by atoms with Crippen molar-refractivity contribution >= 4 is 22.2 Å². The molecule has 0 fully saturated rings. The van der Waals surface area contributed by atoms with Gasteiger partial charge in [-0.2, -0.15) is 0 Å². The van der Waals surface area contributed by atoms with Gasteiger partial charge in [0.1, 0.15) is 18.1 Å². The lowest BCUT2D eigenvalue weighted by Gasteiger charge is -2.24. The second-order valence-corrected chi connectivity index (χ2v) is 5.57. The molecular weight excluding hydrogens is 284 g/mol. The highest BCUT2D eigenvalue weighted by Crippen LogP contribution is 2.40. The van der Waals surface area contributed by atoms with Crippen LogP contribution in [-0.2, 0) is 10.2 Å². The van der Waals surface area contributed by atoms with Crippen molar-refractivity contribution in [2.24, 2.45) is 0 Å². The molecule has 1 aromatic carbocycles. The summed E-state index contributed by atoms with van der Waals surface area (Å²) in [5.74, 6) is 1.46. The van der Waals surface area contributed by atoms with Gasteiger partial charge in [-0.05, 0) is 33.5 Å². The number of rotatable bonds is 4. The van der Waals surface area contributed by atoms with Gasteiger partial charge in [0.25, 0.3) is 0 Å². The van der Waals surface area contributed by atoms with Gasteiger partial charge in [-0.3, -0.25) is 4.79 Å². The van der Waals surface area contributed by atoms with Gasteiger partial charge in [0, 0.05) is 5.56 Å². The lowest BCUT2D eigenvalue weighted by atomic mass is 9.86. The molecule has 0 saturated carbocycles. The number of benzene rings is 1. The van der Waals surface area contributed by atoms with E-state index >= 15 is 0 Å². The molecule has 0 aromatic heterocycles. The minimum absolute atomic E-state index is 0.0496. The van der Waals surface area contributed by atoms with E-state index in [9.17, 15) is 4.79 Å². The van der Waals surface area contributed by atoms with Crippen molar-refractivity contribution in [2.45, 2.75) is 26.2 Å². The molecule has 1 aromatic rings. The van der Waals surface area contributed by atoms with Crippen molar-refractivity contribution in [3.63, 3.8) is 0 Å². The summed E-state index contributed by atoms with van der Waals surface area (Å²) in [6, 6.07) is 3.76. The van der Waals surface area contributed by atoms with Crippen molar-refractivity contribution in [1.29, 1.82) is 0 Å².